The lowest BCUT2D eigenvalue weighted by Crippen LogP contribution is -2.33. The SMILES string of the molecule is Cc1c(NC(=O)NCC(C)C2CC2)cccc1C(=O)O. The van der Waals surface area contributed by atoms with Crippen molar-refractivity contribution in [3.05, 3.63) is 29.3 Å². The zero-order valence-electron chi connectivity index (χ0n) is 11.8. The summed E-state index contributed by atoms with van der Waals surface area (Å²) in [4.78, 5) is 22.9. The maximum Gasteiger partial charge on any atom is 0.336 e. The number of urea groups is 1. The van der Waals surface area contributed by atoms with E-state index in [1.807, 2.05) is 0 Å². The molecular weight excluding hydrogens is 256 g/mol. The van der Waals surface area contributed by atoms with Crippen molar-refractivity contribution in [1.82, 2.24) is 5.32 Å². The van der Waals surface area contributed by atoms with Crippen molar-refractivity contribution in [3.8, 4) is 0 Å². The van der Waals surface area contributed by atoms with E-state index in [4.69, 9.17) is 5.11 Å². The molecule has 1 aliphatic rings. The summed E-state index contributed by atoms with van der Waals surface area (Å²) in [7, 11) is 0. The molecule has 0 radical (unpaired) electrons. The molecule has 1 fully saturated rings. The molecule has 0 aliphatic heterocycles. The number of carboxylic acid groups (broad SMARTS) is 1. The zero-order valence-corrected chi connectivity index (χ0v) is 11.8. The fourth-order valence-electron chi connectivity index (χ4n) is 2.25. The number of nitrogens with one attached hydrogen (secondary N) is 2. The van der Waals surface area contributed by atoms with Gasteiger partial charge in [0, 0.05) is 12.2 Å². The smallest absolute Gasteiger partial charge is 0.336 e. The summed E-state index contributed by atoms with van der Waals surface area (Å²) >= 11 is 0. The fraction of sp³-hybridized carbons (Fsp3) is 0.467. The molecule has 5 heteroatoms. The summed E-state index contributed by atoms with van der Waals surface area (Å²) < 4.78 is 0. The third kappa shape index (κ3) is 3.50. The normalized spacial score (nSPS) is 15.5. The Morgan fingerprint density at radius 1 is 1.40 bits per heavy atom. The molecule has 1 atom stereocenters. The van der Waals surface area contributed by atoms with Gasteiger partial charge in [0.05, 0.1) is 5.56 Å². The van der Waals surface area contributed by atoms with Gasteiger partial charge in [0.15, 0.2) is 0 Å². The van der Waals surface area contributed by atoms with Crippen LogP contribution in [0.4, 0.5) is 10.5 Å². The van der Waals surface area contributed by atoms with Crippen LogP contribution in [0.1, 0.15) is 35.7 Å². The van der Waals surface area contributed by atoms with Gasteiger partial charge in [-0.15, -0.1) is 0 Å². The number of hydrogen-bond donors (Lipinski definition) is 3. The monoisotopic (exact) mass is 276 g/mol. The van der Waals surface area contributed by atoms with Crippen LogP contribution in [0, 0.1) is 18.8 Å². The first kappa shape index (κ1) is 14.4. The van der Waals surface area contributed by atoms with Crippen molar-refractivity contribution in [2.75, 3.05) is 11.9 Å². The fourth-order valence-corrected chi connectivity index (χ4v) is 2.25. The third-order valence-electron chi connectivity index (χ3n) is 3.82. The van der Waals surface area contributed by atoms with Gasteiger partial charge in [-0.1, -0.05) is 13.0 Å². The van der Waals surface area contributed by atoms with E-state index in [-0.39, 0.29) is 11.6 Å². The van der Waals surface area contributed by atoms with Gasteiger partial charge < -0.3 is 15.7 Å². The molecule has 2 rings (SSSR count). The number of hydrogen-bond acceptors (Lipinski definition) is 2. The Morgan fingerprint density at radius 2 is 2.10 bits per heavy atom. The van der Waals surface area contributed by atoms with Crippen molar-refractivity contribution < 1.29 is 14.7 Å². The number of amides is 2. The first-order chi connectivity index (χ1) is 9.49. The Kier molecular flexibility index (Phi) is 4.27. The highest BCUT2D eigenvalue weighted by atomic mass is 16.4. The van der Waals surface area contributed by atoms with Crippen LogP contribution in [-0.2, 0) is 0 Å². The van der Waals surface area contributed by atoms with Gasteiger partial charge in [-0.25, -0.2) is 9.59 Å². The van der Waals surface area contributed by atoms with Crippen molar-refractivity contribution in [3.63, 3.8) is 0 Å². The van der Waals surface area contributed by atoms with E-state index in [0.29, 0.717) is 23.7 Å². The van der Waals surface area contributed by atoms with Gasteiger partial charge in [-0.3, -0.25) is 0 Å². The first-order valence-electron chi connectivity index (χ1n) is 6.86. The molecule has 0 saturated heterocycles. The van der Waals surface area contributed by atoms with E-state index < -0.39 is 5.97 Å². The first-order valence-corrected chi connectivity index (χ1v) is 6.86. The van der Waals surface area contributed by atoms with Crippen molar-refractivity contribution in [1.29, 1.82) is 0 Å². The molecule has 0 aromatic heterocycles. The van der Waals surface area contributed by atoms with E-state index >= 15 is 0 Å². The second-order valence-electron chi connectivity index (χ2n) is 5.43. The average Bonchev–Trinajstić information content (AvgIpc) is 3.22. The minimum absolute atomic E-state index is 0.203. The van der Waals surface area contributed by atoms with Gasteiger partial charge in [-0.2, -0.15) is 0 Å². The van der Waals surface area contributed by atoms with E-state index in [1.165, 1.54) is 18.9 Å². The Morgan fingerprint density at radius 3 is 2.70 bits per heavy atom. The second-order valence-corrected chi connectivity index (χ2v) is 5.43. The number of benzene rings is 1. The van der Waals surface area contributed by atoms with Gasteiger partial charge >= 0.3 is 12.0 Å². The van der Waals surface area contributed by atoms with E-state index in [9.17, 15) is 9.59 Å². The Labute approximate surface area is 118 Å². The van der Waals surface area contributed by atoms with Crippen molar-refractivity contribution in [2.45, 2.75) is 26.7 Å². The molecule has 1 aromatic rings. The van der Waals surface area contributed by atoms with Gasteiger partial charge in [-0.05, 0) is 49.3 Å². The maximum atomic E-state index is 11.8. The molecule has 5 nitrogen and oxygen atoms in total. The highest BCUT2D eigenvalue weighted by Gasteiger charge is 2.27. The van der Waals surface area contributed by atoms with Gasteiger partial charge in [0.2, 0.25) is 0 Å². The molecule has 1 saturated carbocycles. The van der Waals surface area contributed by atoms with Gasteiger partial charge in [0.25, 0.3) is 0 Å². The number of carboxylic acids is 1. The van der Waals surface area contributed by atoms with Crippen LogP contribution < -0.4 is 10.6 Å². The lowest BCUT2D eigenvalue weighted by atomic mass is 10.1. The van der Waals surface area contributed by atoms with Crippen LogP contribution in [0.2, 0.25) is 0 Å². The summed E-state index contributed by atoms with van der Waals surface area (Å²) in [5.41, 5.74) is 1.29. The van der Waals surface area contributed by atoms with Crippen LogP contribution >= 0.6 is 0 Å². The largest absolute Gasteiger partial charge is 0.478 e. The van der Waals surface area contributed by atoms with E-state index in [2.05, 4.69) is 17.6 Å². The minimum Gasteiger partial charge on any atom is -0.478 e. The molecule has 0 spiro atoms. The molecule has 0 heterocycles. The summed E-state index contributed by atoms with van der Waals surface area (Å²) in [6.07, 6.45) is 2.51. The molecule has 108 valence electrons. The molecule has 1 aromatic carbocycles. The lowest BCUT2D eigenvalue weighted by molar-refractivity contribution is 0.0696. The van der Waals surface area contributed by atoms with Crippen LogP contribution in [0.15, 0.2) is 18.2 Å². The van der Waals surface area contributed by atoms with E-state index in [0.717, 1.165) is 5.92 Å². The summed E-state index contributed by atoms with van der Waals surface area (Å²) in [5, 5.41) is 14.6. The quantitative estimate of drug-likeness (QED) is 0.773. The number of carbonyl (C=O) groups is 2. The Balaban J connectivity index is 1.93. The Hall–Kier alpha value is -2.04. The number of carbonyl (C=O) groups excluding carboxylic acids is 1. The molecule has 1 unspecified atom stereocenters. The molecule has 20 heavy (non-hydrogen) atoms. The second kappa shape index (κ2) is 5.94. The highest BCUT2D eigenvalue weighted by Crippen LogP contribution is 2.36. The molecule has 0 bridgehead atoms. The molecular formula is C15H20N2O3. The van der Waals surface area contributed by atoms with Crippen molar-refractivity contribution in [2.24, 2.45) is 11.8 Å². The number of rotatable bonds is 5. The van der Waals surface area contributed by atoms with Crippen molar-refractivity contribution >= 4 is 17.7 Å². The van der Waals surface area contributed by atoms with E-state index in [1.54, 1.807) is 19.1 Å². The van der Waals surface area contributed by atoms with Crippen LogP contribution in [-0.4, -0.2) is 23.7 Å². The molecule has 1 aliphatic carbocycles. The average molecular weight is 276 g/mol. The predicted octanol–water partition coefficient (Wildman–Crippen LogP) is 2.86. The third-order valence-corrected chi connectivity index (χ3v) is 3.82. The number of aromatic carboxylic acids is 1. The highest BCUT2D eigenvalue weighted by molar-refractivity contribution is 5.95. The summed E-state index contributed by atoms with van der Waals surface area (Å²) in [6, 6.07) is 4.56. The molecule has 2 amide bonds. The van der Waals surface area contributed by atoms with Crippen LogP contribution in [0.3, 0.4) is 0 Å². The number of anilines is 1. The zero-order chi connectivity index (χ0) is 14.7. The van der Waals surface area contributed by atoms with Crippen LogP contribution in [0.25, 0.3) is 0 Å². The molecule has 3 N–H and O–H groups in total. The minimum atomic E-state index is -0.992. The summed E-state index contributed by atoms with van der Waals surface area (Å²) in [6.45, 7) is 4.47. The van der Waals surface area contributed by atoms with Crippen LogP contribution in [0.5, 0.6) is 0 Å². The topological polar surface area (TPSA) is 78.4 Å². The Bertz CT molecular complexity index is 524. The lowest BCUT2D eigenvalue weighted by Gasteiger charge is -2.14. The maximum absolute atomic E-state index is 11.8. The predicted molar refractivity (Wildman–Crippen MR) is 77.0 cm³/mol. The van der Waals surface area contributed by atoms with Gasteiger partial charge in [0.1, 0.15) is 0 Å². The standard InChI is InChI=1S/C15H20N2O3/c1-9(11-6-7-11)8-16-15(20)17-13-5-3-4-12(10(13)2)14(18)19/h3-5,9,11H,6-8H2,1-2H3,(H,18,19)(H2,16,17,20). The summed E-state index contributed by atoms with van der Waals surface area (Å²) in [5.74, 6) is 0.244.